The van der Waals surface area contributed by atoms with Crippen LogP contribution in [0.1, 0.15) is 47.0 Å². The van der Waals surface area contributed by atoms with Crippen LogP contribution in [-0.2, 0) is 19.6 Å². The molecule has 0 spiro atoms. The molecule has 0 aromatic heterocycles. The summed E-state index contributed by atoms with van der Waals surface area (Å²) in [6.07, 6.45) is 1.06. The zero-order valence-corrected chi connectivity index (χ0v) is 18.8. The molecule has 0 saturated carbocycles. The van der Waals surface area contributed by atoms with Gasteiger partial charge in [0.1, 0.15) is 16.2 Å². The Morgan fingerprint density at radius 2 is 1.83 bits per heavy atom. The van der Waals surface area contributed by atoms with Gasteiger partial charge in [0, 0.05) is 31.7 Å². The van der Waals surface area contributed by atoms with Gasteiger partial charge in [-0.1, -0.05) is 0 Å². The first kappa shape index (κ1) is 23.9. The van der Waals surface area contributed by atoms with Crippen LogP contribution in [0.15, 0.2) is 23.1 Å². The molecule has 10 heteroatoms. The van der Waals surface area contributed by atoms with E-state index in [2.05, 4.69) is 10.6 Å². The van der Waals surface area contributed by atoms with Crippen LogP contribution in [0.25, 0.3) is 0 Å². The normalized spacial score (nSPS) is 14.9. The van der Waals surface area contributed by atoms with E-state index in [1.165, 1.54) is 10.4 Å². The molecule has 0 aliphatic carbocycles. The fourth-order valence-electron chi connectivity index (χ4n) is 2.95. The average molecular weight is 442 g/mol. The molecule has 1 fully saturated rings. The first-order valence-electron chi connectivity index (χ1n) is 10.1. The predicted molar refractivity (Wildman–Crippen MR) is 113 cm³/mol. The second kappa shape index (κ2) is 10.1. The van der Waals surface area contributed by atoms with Crippen molar-refractivity contribution in [3.63, 3.8) is 0 Å². The lowest BCUT2D eigenvalue weighted by atomic mass is 10.2. The predicted octanol–water partition coefficient (Wildman–Crippen LogP) is 2.72. The molecule has 30 heavy (non-hydrogen) atoms. The van der Waals surface area contributed by atoms with Crippen LogP contribution >= 0.6 is 0 Å². The van der Waals surface area contributed by atoms with Crippen LogP contribution in [0, 0.1) is 0 Å². The van der Waals surface area contributed by atoms with E-state index in [1.807, 2.05) is 0 Å². The third-order valence-corrected chi connectivity index (χ3v) is 6.15. The molecule has 0 radical (unpaired) electrons. The van der Waals surface area contributed by atoms with E-state index < -0.39 is 21.7 Å². The third kappa shape index (κ3) is 6.88. The lowest BCUT2D eigenvalue weighted by Crippen LogP contribution is -2.34. The van der Waals surface area contributed by atoms with E-state index in [4.69, 9.17) is 9.47 Å². The fourth-order valence-corrected chi connectivity index (χ4v) is 4.62. The Bertz CT molecular complexity index is 858. The van der Waals surface area contributed by atoms with Crippen molar-refractivity contribution in [2.45, 2.75) is 57.5 Å². The molecule has 1 heterocycles. The Morgan fingerprint density at radius 3 is 2.43 bits per heavy atom. The highest BCUT2D eigenvalue weighted by Gasteiger charge is 2.30. The zero-order valence-electron chi connectivity index (χ0n) is 18.0. The van der Waals surface area contributed by atoms with Gasteiger partial charge in [0.05, 0.1) is 6.61 Å². The van der Waals surface area contributed by atoms with Crippen molar-refractivity contribution in [3.8, 4) is 5.75 Å². The van der Waals surface area contributed by atoms with Crippen molar-refractivity contribution < 1.29 is 27.5 Å². The van der Waals surface area contributed by atoms with Crippen LogP contribution < -0.4 is 15.4 Å². The highest BCUT2D eigenvalue weighted by molar-refractivity contribution is 7.89. The summed E-state index contributed by atoms with van der Waals surface area (Å²) in [5.74, 6) is -0.103. The van der Waals surface area contributed by atoms with Gasteiger partial charge in [0.25, 0.3) is 0 Å². The van der Waals surface area contributed by atoms with Crippen LogP contribution in [0.4, 0.5) is 10.5 Å². The van der Waals surface area contributed by atoms with Crippen molar-refractivity contribution in [2.75, 3.05) is 31.6 Å². The molecule has 1 saturated heterocycles. The minimum atomic E-state index is -3.71. The molecular formula is C20H31N3O6S. The first-order chi connectivity index (χ1) is 14.0. The summed E-state index contributed by atoms with van der Waals surface area (Å²) in [5, 5.41) is 5.18. The van der Waals surface area contributed by atoms with Crippen LogP contribution in [0.2, 0.25) is 0 Å². The zero-order chi connectivity index (χ0) is 22.4. The third-order valence-electron chi connectivity index (χ3n) is 4.23. The molecule has 2 rings (SSSR count). The van der Waals surface area contributed by atoms with Gasteiger partial charge in [-0.05, 0) is 58.7 Å². The van der Waals surface area contributed by atoms with E-state index in [0.717, 1.165) is 12.8 Å². The number of nitrogens with zero attached hydrogens (tertiary/aromatic N) is 1. The van der Waals surface area contributed by atoms with Gasteiger partial charge in [-0.2, -0.15) is 4.31 Å². The standard InChI is InChI=1S/C20H31N3O6S/c1-5-28-16-9-8-15(14-17(16)30(26,27)23-12-6-7-13-23)22-18(24)10-11-21-19(25)29-20(2,3)4/h8-9,14H,5-7,10-13H2,1-4H3,(H,21,25)(H,22,24). The second-order valence-electron chi connectivity index (χ2n) is 7.93. The maximum Gasteiger partial charge on any atom is 0.407 e. The minimum absolute atomic E-state index is 0.0145. The van der Waals surface area contributed by atoms with Gasteiger partial charge in [-0.3, -0.25) is 4.79 Å². The summed E-state index contributed by atoms with van der Waals surface area (Å²) in [6, 6.07) is 4.55. The number of benzene rings is 1. The highest BCUT2D eigenvalue weighted by atomic mass is 32.2. The summed E-state index contributed by atoms with van der Waals surface area (Å²) in [6.45, 7) is 8.39. The van der Waals surface area contributed by atoms with Gasteiger partial charge in [0.15, 0.2) is 0 Å². The molecule has 0 unspecified atom stereocenters. The van der Waals surface area contributed by atoms with Crippen molar-refractivity contribution >= 4 is 27.7 Å². The summed E-state index contributed by atoms with van der Waals surface area (Å²) >= 11 is 0. The van der Waals surface area contributed by atoms with Crippen LogP contribution in [0.3, 0.4) is 0 Å². The fraction of sp³-hybridized carbons (Fsp3) is 0.600. The molecule has 0 bridgehead atoms. The van der Waals surface area contributed by atoms with Crippen LogP contribution in [0.5, 0.6) is 5.75 Å². The van der Waals surface area contributed by atoms with Gasteiger partial charge < -0.3 is 20.1 Å². The lowest BCUT2D eigenvalue weighted by molar-refractivity contribution is -0.116. The number of amides is 2. The molecular weight excluding hydrogens is 410 g/mol. The molecule has 2 N–H and O–H groups in total. The van der Waals surface area contributed by atoms with E-state index >= 15 is 0 Å². The average Bonchev–Trinajstić information content (AvgIpc) is 3.17. The monoisotopic (exact) mass is 441 g/mol. The number of rotatable bonds is 8. The van der Waals surface area contributed by atoms with Crippen molar-refractivity contribution in [2.24, 2.45) is 0 Å². The number of sulfonamides is 1. The molecule has 0 atom stereocenters. The van der Waals surface area contributed by atoms with Gasteiger partial charge >= 0.3 is 6.09 Å². The molecule has 168 valence electrons. The molecule has 1 aromatic rings. The van der Waals surface area contributed by atoms with E-state index in [-0.39, 0.29) is 29.5 Å². The second-order valence-corrected chi connectivity index (χ2v) is 9.84. The van der Waals surface area contributed by atoms with E-state index in [9.17, 15) is 18.0 Å². The number of anilines is 1. The molecule has 1 aromatic carbocycles. The van der Waals surface area contributed by atoms with E-state index in [0.29, 0.717) is 25.4 Å². The smallest absolute Gasteiger partial charge is 0.407 e. The van der Waals surface area contributed by atoms with Gasteiger partial charge in [0.2, 0.25) is 15.9 Å². The quantitative estimate of drug-likeness (QED) is 0.641. The highest BCUT2D eigenvalue weighted by Crippen LogP contribution is 2.31. The van der Waals surface area contributed by atoms with Gasteiger partial charge in [-0.25, -0.2) is 13.2 Å². The van der Waals surface area contributed by atoms with Crippen molar-refractivity contribution in [3.05, 3.63) is 18.2 Å². The summed E-state index contributed by atoms with van der Waals surface area (Å²) < 4.78 is 38.0. The van der Waals surface area contributed by atoms with Crippen molar-refractivity contribution in [1.82, 2.24) is 9.62 Å². The van der Waals surface area contributed by atoms with Crippen LogP contribution in [-0.4, -0.2) is 56.6 Å². The summed E-state index contributed by atoms with van der Waals surface area (Å²) in [5.41, 5.74) is -0.273. The largest absolute Gasteiger partial charge is 0.492 e. The summed E-state index contributed by atoms with van der Waals surface area (Å²) in [7, 11) is -3.71. The van der Waals surface area contributed by atoms with E-state index in [1.54, 1.807) is 39.8 Å². The topological polar surface area (TPSA) is 114 Å². The number of alkyl carbamates (subject to hydrolysis) is 1. The number of nitrogens with one attached hydrogen (secondary N) is 2. The first-order valence-corrected chi connectivity index (χ1v) is 11.5. The Labute approximate surface area is 178 Å². The Balaban J connectivity index is 2.04. The number of carbonyl (C=O) groups excluding carboxylic acids is 2. The maximum absolute atomic E-state index is 13.0. The summed E-state index contributed by atoms with van der Waals surface area (Å²) in [4.78, 5) is 23.9. The van der Waals surface area contributed by atoms with Gasteiger partial charge in [-0.15, -0.1) is 0 Å². The molecule has 1 aliphatic heterocycles. The number of ether oxygens (including phenoxy) is 2. The number of carbonyl (C=O) groups is 2. The minimum Gasteiger partial charge on any atom is -0.492 e. The molecule has 9 nitrogen and oxygen atoms in total. The lowest BCUT2D eigenvalue weighted by Gasteiger charge is -2.20. The number of hydrogen-bond acceptors (Lipinski definition) is 6. The molecule has 2 amide bonds. The number of hydrogen-bond donors (Lipinski definition) is 2. The van der Waals surface area contributed by atoms with Crippen molar-refractivity contribution in [1.29, 1.82) is 0 Å². The Kier molecular flexibility index (Phi) is 8.08. The SMILES string of the molecule is CCOc1ccc(NC(=O)CCNC(=O)OC(C)(C)C)cc1S(=O)(=O)N1CCCC1. The molecule has 1 aliphatic rings. The Hall–Kier alpha value is -2.33. The maximum atomic E-state index is 13.0. The Morgan fingerprint density at radius 1 is 1.17 bits per heavy atom.